The summed E-state index contributed by atoms with van der Waals surface area (Å²) < 4.78 is 5.00. The third-order valence-electron chi connectivity index (χ3n) is 1.44. The van der Waals surface area contributed by atoms with Crippen LogP contribution in [0.25, 0.3) is 0 Å². The van der Waals surface area contributed by atoms with Crippen molar-refractivity contribution >= 4 is 6.34 Å². The first-order valence-electron chi connectivity index (χ1n) is 2.96. The van der Waals surface area contributed by atoms with E-state index < -0.39 is 0 Å². The highest BCUT2D eigenvalue weighted by atomic mass is 16.5. The van der Waals surface area contributed by atoms with Crippen LogP contribution in [0, 0.1) is 0 Å². The number of allylic oxidation sites excluding steroid dienone is 1. The summed E-state index contributed by atoms with van der Waals surface area (Å²) in [6, 6.07) is 0. The van der Waals surface area contributed by atoms with Crippen LogP contribution in [0.1, 0.15) is 0 Å². The molecule has 0 aromatic carbocycles. The number of nitrogens with zero attached hydrogens (tertiary/aromatic N) is 2. The van der Waals surface area contributed by atoms with E-state index in [0.29, 0.717) is 12.6 Å². The summed E-state index contributed by atoms with van der Waals surface area (Å²) in [5.74, 6) is 0.555. The third-order valence-corrected chi connectivity index (χ3v) is 1.44. The molecule has 51 valence electrons. The van der Waals surface area contributed by atoms with Gasteiger partial charge in [-0.2, -0.15) is 4.99 Å². The van der Waals surface area contributed by atoms with Crippen molar-refractivity contribution in [3.63, 3.8) is 0 Å². The van der Waals surface area contributed by atoms with E-state index in [1.165, 1.54) is 0 Å². The second kappa shape index (κ2) is 1.85. The van der Waals surface area contributed by atoms with Gasteiger partial charge in [-0.05, 0) is 4.90 Å². The minimum atomic E-state index is 0.510. The zero-order valence-corrected chi connectivity index (χ0v) is 5.32. The predicted octanol–water partition coefficient (Wildman–Crippen LogP) is -0.202. The van der Waals surface area contributed by atoms with Crippen molar-refractivity contribution in [2.45, 2.75) is 0 Å². The van der Waals surface area contributed by atoms with Gasteiger partial charge >= 0.3 is 0 Å². The van der Waals surface area contributed by atoms with Gasteiger partial charge in [-0.1, -0.05) is 0 Å². The van der Waals surface area contributed by atoms with Gasteiger partial charge in [0.05, 0.1) is 6.26 Å². The molecule has 1 radical (unpaired) electrons. The first-order chi connectivity index (χ1) is 4.88. The van der Waals surface area contributed by atoms with E-state index in [4.69, 9.17) is 10.5 Å². The lowest BCUT2D eigenvalue weighted by Crippen LogP contribution is -2.29. The fraction of sp³-hybridized carbons (Fsp3) is 0.167. The molecule has 0 atom stereocenters. The summed E-state index contributed by atoms with van der Waals surface area (Å²) in [4.78, 5) is 5.75. The van der Waals surface area contributed by atoms with E-state index in [1.807, 2.05) is 4.90 Å². The zero-order valence-electron chi connectivity index (χ0n) is 5.32. The Morgan fingerprint density at radius 2 is 2.60 bits per heavy atom. The summed E-state index contributed by atoms with van der Waals surface area (Å²) >= 11 is 0. The SMILES string of the molecule is NC1=C2C=COC[N+]2C=N1. The molecule has 4 nitrogen and oxygen atoms in total. The third kappa shape index (κ3) is 0.625. The van der Waals surface area contributed by atoms with Crippen molar-refractivity contribution in [3.05, 3.63) is 23.9 Å². The standard InChI is InChI=1S/C6H7N3O/c7-6-5-1-2-10-4-9(5)3-8-6/h1-3H,4,7H2/q+1. The number of hydrogen-bond acceptors (Lipinski definition) is 4. The Morgan fingerprint density at radius 3 is 3.40 bits per heavy atom. The van der Waals surface area contributed by atoms with Crippen LogP contribution in [-0.4, -0.2) is 13.1 Å². The van der Waals surface area contributed by atoms with Crippen LogP contribution in [0.15, 0.2) is 28.8 Å². The van der Waals surface area contributed by atoms with Gasteiger partial charge in [0, 0.05) is 6.08 Å². The van der Waals surface area contributed by atoms with Gasteiger partial charge in [-0.3, -0.25) is 0 Å². The second-order valence-electron chi connectivity index (χ2n) is 2.08. The number of rotatable bonds is 0. The van der Waals surface area contributed by atoms with Crippen molar-refractivity contribution in [2.75, 3.05) is 6.73 Å². The topological polar surface area (TPSA) is 53.5 Å². The zero-order chi connectivity index (χ0) is 6.97. The van der Waals surface area contributed by atoms with Gasteiger partial charge in [-0.15, -0.1) is 0 Å². The van der Waals surface area contributed by atoms with Gasteiger partial charge in [0.2, 0.25) is 12.0 Å². The molecule has 0 saturated carbocycles. The van der Waals surface area contributed by atoms with Crippen LogP contribution in [0.2, 0.25) is 0 Å². The maximum absolute atomic E-state index is 5.52. The van der Waals surface area contributed by atoms with Crippen LogP contribution >= 0.6 is 0 Å². The van der Waals surface area contributed by atoms with Crippen LogP contribution < -0.4 is 10.6 Å². The Bertz CT molecular complexity index is 241. The van der Waals surface area contributed by atoms with Gasteiger partial charge in [0.15, 0.2) is 5.82 Å². The van der Waals surface area contributed by atoms with Crippen LogP contribution in [-0.2, 0) is 4.74 Å². The lowest BCUT2D eigenvalue weighted by atomic mass is 10.4. The monoisotopic (exact) mass is 137 g/mol. The summed E-state index contributed by atoms with van der Waals surface area (Å²) in [6.45, 7) is 0.510. The van der Waals surface area contributed by atoms with Crippen molar-refractivity contribution in [2.24, 2.45) is 10.7 Å². The molecule has 2 aliphatic rings. The van der Waals surface area contributed by atoms with Crippen LogP contribution in [0.4, 0.5) is 0 Å². The minimum Gasteiger partial charge on any atom is -0.447 e. The smallest absolute Gasteiger partial charge is 0.277 e. The molecule has 0 amide bonds. The molecule has 10 heavy (non-hydrogen) atoms. The van der Waals surface area contributed by atoms with E-state index in [1.54, 1.807) is 18.7 Å². The maximum atomic E-state index is 5.52. The molecule has 2 N–H and O–H groups in total. The lowest BCUT2D eigenvalue weighted by molar-refractivity contribution is 0.200. The Balaban J connectivity index is 2.39. The fourth-order valence-corrected chi connectivity index (χ4v) is 0.927. The summed E-state index contributed by atoms with van der Waals surface area (Å²) in [6.07, 6.45) is 5.08. The number of nitrogens with two attached hydrogens (primary N) is 1. The molecule has 0 unspecified atom stereocenters. The molecule has 0 aromatic rings. The van der Waals surface area contributed by atoms with Gasteiger partial charge in [-0.25, -0.2) is 0 Å². The molecule has 0 bridgehead atoms. The van der Waals surface area contributed by atoms with Gasteiger partial charge in [0.25, 0.3) is 6.73 Å². The fourth-order valence-electron chi connectivity index (χ4n) is 0.927. The average Bonchev–Trinajstić information content (AvgIpc) is 2.34. The summed E-state index contributed by atoms with van der Waals surface area (Å²) in [5, 5.41) is 0. The molecule has 2 heterocycles. The van der Waals surface area contributed by atoms with E-state index in [9.17, 15) is 0 Å². The molecular weight excluding hydrogens is 130 g/mol. The molecule has 2 aliphatic heterocycles. The van der Waals surface area contributed by atoms with E-state index >= 15 is 0 Å². The minimum absolute atomic E-state index is 0.510. The van der Waals surface area contributed by atoms with Crippen molar-refractivity contribution in [1.82, 2.24) is 4.90 Å². The molecular formula is C6H7N3O+. The first kappa shape index (κ1) is 5.49. The normalized spacial score (nSPS) is 23.2. The second-order valence-corrected chi connectivity index (χ2v) is 2.08. The quantitative estimate of drug-likeness (QED) is 0.470. The molecule has 0 saturated heterocycles. The molecule has 0 spiro atoms. The Kier molecular flexibility index (Phi) is 1.01. The van der Waals surface area contributed by atoms with Crippen LogP contribution in [0.3, 0.4) is 0 Å². The molecule has 4 heteroatoms. The first-order valence-corrected chi connectivity index (χ1v) is 2.96. The van der Waals surface area contributed by atoms with Gasteiger partial charge < -0.3 is 10.5 Å². The van der Waals surface area contributed by atoms with Gasteiger partial charge in [0.1, 0.15) is 0 Å². The Morgan fingerprint density at radius 1 is 1.70 bits per heavy atom. The summed E-state index contributed by atoms with van der Waals surface area (Å²) in [5.41, 5.74) is 6.45. The average molecular weight is 137 g/mol. The van der Waals surface area contributed by atoms with Crippen LogP contribution in [0.5, 0.6) is 0 Å². The molecule has 0 fully saturated rings. The molecule has 0 aromatic heterocycles. The number of ether oxygens (including phenoxy) is 1. The Hall–Kier alpha value is -1.29. The Labute approximate surface area is 58.3 Å². The number of aliphatic imine (C=N–C) groups is 1. The highest BCUT2D eigenvalue weighted by Gasteiger charge is 2.29. The number of hydrogen-bond donors (Lipinski definition) is 1. The van der Waals surface area contributed by atoms with E-state index in [-0.39, 0.29) is 0 Å². The molecule has 0 aliphatic carbocycles. The predicted molar refractivity (Wildman–Crippen MR) is 36.9 cm³/mol. The van der Waals surface area contributed by atoms with E-state index in [0.717, 1.165) is 5.70 Å². The van der Waals surface area contributed by atoms with Crippen molar-refractivity contribution < 1.29 is 4.74 Å². The van der Waals surface area contributed by atoms with E-state index in [2.05, 4.69) is 4.99 Å². The van der Waals surface area contributed by atoms with Crippen molar-refractivity contribution in [1.29, 1.82) is 0 Å². The lowest BCUT2D eigenvalue weighted by Gasteiger charge is -2.06. The maximum Gasteiger partial charge on any atom is 0.277 e. The highest BCUT2D eigenvalue weighted by Crippen LogP contribution is 2.14. The number of fused-ring (bicyclic) bond motifs is 1. The highest BCUT2D eigenvalue weighted by molar-refractivity contribution is 5.68. The largest absolute Gasteiger partial charge is 0.447 e. The summed E-state index contributed by atoms with van der Waals surface area (Å²) in [7, 11) is 0. The van der Waals surface area contributed by atoms with Crippen molar-refractivity contribution in [3.8, 4) is 0 Å². The molecule has 2 rings (SSSR count).